The molecule has 0 bridgehead atoms. The van der Waals surface area contributed by atoms with Crippen LogP contribution in [0, 0.1) is 18.3 Å². The Morgan fingerprint density at radius 2 is 2.00 bits per heavy atom. The maximum absolute atomic E-state index is 10.7. The minimum absolute atomic E-state index is 0.0883. The Balaban J connectivity index is 2.21. The number of carbonyl (C=O) groups is 1. The number of aliphatic carboxylic acids is 1. The van der Waals surface area contributed by atoms with Crippen molar-refractivity contribution in [2.75, 3.05) is 5.32 Å². The van der Waals surface area contributed by atoms with Crippen molar-refractivity contribution in [3.63, 3.8) is 0 Å². The molecule has 1 aromatic carbocycles. The first-order valence-electron chi connectivity index (χ1n) is 6.74. The predicted molar refractivity (Wildman–Crippen MR) is 89.9 cm³/mol. The van der Waals surface area contributed by atoms with Gasteiger partial charge in [-0.1, -0.05) is 29.8 Å². The summed E-state index contributed by atoms with van der Waals surface area (Å²) in [6, 6.07) is 8.82. The Morgan fingerprint density at radius 3 is 2.62 bits per heavy atom. The molecular weight excluding hydrogens is 330 g/mol. The molecule has 0 spiro atoms. The number of carboxylic acid groups (broad SMARTS) is 1. The summed E-state index contributed by atoms with van der Waals surface area (Å²) in [4.78, 5) is 15.0. The van der Waals surface area contributed by atoms with Crippen molar-refractivity contribution in [3.05, 3.63) is 58.0 Å². The minimum Gasteiger partial charge on any atom is -0.477 e. The van der Waals surface area contributed by atoms with Crippen LogP contribution in [0.2, 0.25) is 5.02 Å². The summed E-state index contributed by atoms with van der Waals surface area (Å²) in [5.74, 6) is -1.25. The molecule has 0 unspecified atom stereocenters. The third-order valence-electron chi connectivity index (χ3n) is 2.89. The molecule has 0 fully saturated rings. The first-order valence-corrected chi connectivity index (χ1v) is 7.12. The van der Waals surface area contributed by atoms with Crippen molar-refractivity contribution in [1.82, 2.24) is 15.2 Å². The van der Waals surface area contributed by atoms with Gasteiger partial charge in [-0.3, -0.25) is 0 Å². The zero-order valence-electron chi connectivity index (χ0n) is 12.6. The number of nitrogens with one attached hydrogen (secondary N) is 1. The lowest BCUT2D eigenvalue weighted by Gasteiger charge is -2.02. The van der Waals surface area contributed by atoms with Crippen molar-refractivity contribution in [2.24, 2.45) is 0 Å². The van der Waals surface area contributed by atoms with Crippen molar-refractivity contribution < 1.29 is 9.90 Å². The van der Waals surface area contributed by atoms with Crippen LogP contribution in [-0.4, -0.2) is 26.3 Å². The fourth-order valence-corrected chi connectivity index (χ4v) is 1.76. The first kappa shape index (κ1) is 17.1. The van der Waals surface area contributed by atoms with Crippen LogP contribution in [0.4, 0.5) is 5.95 Å². The lowest BCUT2D eigenvalue weighted by molar-refractivity contribution is -0.132. The molecule has 2 rings (SSSR count). The van der Waals surface area contributed by atoms with Crippen molar-refractivity contribution >= 4 is 35.7 Å². The van der Waals surface area contributed by atoms with E-state index in [2.05, 4.69) is 20.5 Å². The van der Waals surface area contributed by atoms with Crippen LogP contribution in [0.25, 0.3) is 12.2 Å². The second-order valence-electron chi connectivity index (χ2n) is 4.61. The molecule has 8 heteroatoms. The molecule has 1 aromatic heterocycles. The van der Waals surface area contributed by atoms with Gasteiger partial charge in [0.1, 0.15) is 6.07 Å². The molecule has 1 heterocycles. The van der Waals surface area contributed by atoms with E-state index in [0.29, 0.717) is 16.4 Å². The molecule has 0 atom stereocenters. The molecule has 0 amide bonds. The fraction of sp³-hybridized carbons (Fsp3) is 0.0625. The van der Waals surface area contributed by atoms with Gasteiger partial charge in [0, 0.05) is 11.2 Å². The van der Waals surface area contributed by atoms with Crippen LogP contribution in [-0.2, 0) is 4.79 Å². The number of nitrogens with zero attached hydrogens (tertiary/aromatic N) is 4. The minimum atomic E-state index is -1.34. The maximum Gasteiger partial charge on any atom is 0.347 e. The van der Waals surface area contributed by atoms with Gasteiger partial charge in [0.15, 0.2) is 5.57 Å². The van der Waals surface area contributed by atoms with E-state index < -0.39 is 11.5 Å². The van der Waals surface area contributed by atoms with E-state index in [0.717, 1.165) is 11.8 Å². The number of nitriles is 1. The number of carboxylic acids is 1. The Bertz CT molecular complexity index is 854. The molecule has 0 aliphatic carbocycles. The molecule has 2 N–H and O–H groups in total. The smallest absolute Gasteiger partial charge is 0.347 e. The summed E-state index contributed by atoms with van der Waals surface area (Å²) < 4.78 is 0. The van der Waals surface area contributed by atoms with Gasteiger partial charge in [-0.2, -0.15) is 5.26 Å². The molecule has 0 radical (unpaired) electrons. The van der Waals surface area contributed by atoms with Crippen LogP contribution < -0.4 is 5.32 Å². The summed E-state index contributed by atoms with van der Waals surface area (Å²) in [6.07, 6.45) is 4.61. The molecule has 120 valence electrons. The van der Waals surface area contributed by atoms with Gasteiger partial charge in [-0.05, 0) is 30.7 Å². The average Bonchev–Trinajstić information content (AvgIpc) is 2.56. The quantitative estimate of drug-likeness (QED) is 0.635. The van der Waals surface area contributed by atoms with E-state index in [1.54, 1.807) is 31.2 Å². The number of halogens is 1. The van der Waals surface area contributed by atoms with Crippen molar-refractivity contribution in [3.8, 4) is 6.07 Å². The number of rotatable bonds is 5. The van der Waals surface area contributed by atoms with E-state index in [4.69, 9.17) is 22.0 Å². The Hall–Kier alpha value is -3.24. The van der Waals surface area contributed by atoms with Gasteiger partial charge in [0.25, 0.3) is 0 Å². The summed E-state index contributed by atoms with van der Waals surface area (Å²) in [5, 5.41) is 28.4. The van der Waals surface area contributed by atoms with E-state index >= 15 is 0 Å². The van der Waals surface area contributed by atoms with Crippen LogP contribution in [0.5, 0.6) is 0 Å². The van der Waals surface area contributed by atoms with Crippen LogP contribution in [0.15, 0.2) is 36.0 Å². The first-order chi connectivity index (χ1) is 11.5. The second kappa shape index (κ2) is 7.85. The fourth-order valence-electron chi connectivity index (χ4n) is 1.64. The third-order valence-corrected chi connectivity index (χ3v) is 3.14. The van der Waals surface area contributed by atoms with Crippen molar-refractivity contribution in [2.45, 2.75) is 6.92 Å². The SMILES string of the molecule is Cc1nnc(N/C=C(/C#N)C(=O)O)nc1/C=C/c1ccc(Cl)cc1. The molecule has 7 nitrogen and oxygen atoms in total. The highest BCUT2D eigenvalue weighted by Crippen LogP contribution is 2.13. The third kappa shape index (κ3) is 4.63. The van der Waals surface area contributed by atoms with E-state index in [-0.39, 0.29) is 5.95 Å². The largest absolute Gasteiger partial charge is 0.477 e. The number of aromatic nitrogens is 3. The highest BCUT2D eigenvalue weighted by molar-refractivity contribution is 6.30. The van der Waals surface area contributed by atoms with Gasteiger partial charge in [-0.25, -0.2) is 9.78 Å². The molecule has 0 aliphatic rings. The molecule has 2 aromatic rings. The van der Waals surface area contributed by atoms with Gasteiger partial charge in [0.05, 0.1) is 11.4 Å². The highest BCUT2D eigenvalue weighted by atomic mass is 35.5. The maximum atomic E-state index is 10.7. The number of anilines is 1. The Labute approximate surface area is 142 Å². The normalized spacial score (nSPS) is 11.3. The van der Waals surface area contributed by atoms with Gasteiger partial charge in [0.2, 0.25) is 5.95 Å². The van der Waals surface area contributed by atoms with Crippen LogP contribution in [0.1, 0.15) is 17.0 Å². The Kier molecular flexibility index (Phi) is 5.60. The standard InChI is InChI=1S/C16H12ClN5O2/c1-10-14(7-4-11-2-5-13(17)6-3-11)20-16(22-21-10)19-9-12(8-18)15(23)24/h2-7,9H,1H3,(H,23,24)(H,19,20,22)/b7-4+,12-9-. The van der Waals surface area contributed by atoms with Gasteiger partial charge >= 0.3 is 5.97 Å². The zero-order valence-corrected chi connectivity index (χ0v) is 13.3. The molecule has 0 aliphatic heterocycles. The van der Waals surface area contributed by atoms with E-state index in [9.17, 15) is 4.79 Å². The number of hydrogen-bond donors (Lipinski definition) is 2. The topological polar surface area (TPSA) is 112 Å². The van der Waals surface area contributed by atoms with Crippen molar-refractivity contribution in [1.29, 1.82) is 5.26 Å². The number of aryl methyl sites for hydroxylation is 1. The zero-order chi connectivity index (χ0) is 17.5. The molecular formula is C16H12ClN5O2. The van der Waals surface area contributed by atoms with E-state index in [1.807, 2.05) is 18.2 Å². The van der Waals surface area contributed by atoms with Gasteiger partial charge < -0.3 is 10.4 Å². The lowest BCUT2D eigenvalue weighted by atomic mass is 10.2. The van der Waals surface area contributed by atoms with Crippen LogP contribution in [0.3, 0.4) is 0 Å². The van der Waals surface area contributed by atoms with E-state index in [1.165, 1.54) is 0 Å². The monoisotopic (exact) mass is 341 g/mol. The molecule has 0 saturated carbocycles. The van der Waals surface area contributed by atoms with Crippen LogP contribution >= 0.6 is 11.6 Å². The molecule has 0 saturated heterocycles. The summed E-state index contributed by atoms with van der Waals surface area (Å²) in [5.41, 5.74) is 1.64. The summed E-state index contributed by atoms with van der Waals surface area (Å²) in [6.45, 7) is 1.75. The molecule has 24 heavy (non-hydrogen) atoms. The Morgan fingerprint density at radius 1 is 1.29 bits per heavy atom. The second-order valence-corrected chi connectivity index (χ2v) is 5.05. The predicted octanol–water partition coefficient (Wildman–Crippen LogP) is 2.91. The summed E-state index contributed by atoms with van der Waals surface area (Å²) in [7, 11) is 0. The van der Waals surface area contributed by atoms with Gasteiger partial charge in [-0.15, -0.1) is 10.2 Å². The number of benzene rings is 1. The summed E-state index contributed by atoms with van der Waals surface area (Å²) >= 11 is 5.84. The highest BCUT2D eigenvalue weighted by Gasteiger charge is 2.06. The lowest BCUT2D eigenvalue weighted by Crippen LogP contribution is -2.05. The number of hydrogen-bond acceptors (Lipinski definition) is 6. The average molecular weight is 342 g/mol.